The zero-order valence-corrected chi connectivity index (χ0v) is 15.2. The van der Waals surface area contributed by atoms with Crippen LogP contribution in [0.4, 0.5) is 10.8 Å². The normalized spacial score (nSPS) is 15.2. The Morgan fingerprint density at radius 2 is 1.96 bits per heavy atom. The third-order valence-corrected chi connectivity index (χ3v) is 5.63. The summed E-state index contributed by atoms with van der Waals surface area (Å²) >= 11 is 1.71. The Morgan fingerprint density at radius 3 is 2.62 bits per heavy atom. The molecule has 1 fully saturated rings. The molecule has 1 heterocycles. The second kappa shape index (κ2) is 7.79. The van der Waals surface area contributed by atoms with Crippen LogP contribution >= 0.6 is 11.3 Å². The van der Waals surface area contributed by atoms with E-state index in [1.165, 1.54) is 32.1 Å². The van der Waals surface area contributed by atoms with E-state index < -0.39 is 0 Å². The summed E-state index contributed by atoms with van der Waals surface area (Å²) in [5.74, 6) is 0.0350. The summed E-state index contributed by atoms with van der Waals surface area (Å²) in [5.41, 5.74) is 2.93. The average Bonchev–Trinajstić information content (AvgIpc) is 3.12. The predicted molar refractivity (Wildman–Crippen MR) is 102 cm³/mol. The molecule has 0 radical (unpaired) electrons. The van der Waals surface area contributed by atoms with Gasteiger partial charge in [0, 0.05) is 36.1 Å². The molecule has 4 nitrogen and oxygen atoms in total. The number of thiazole rings is 1. The number of rotatable bonds is 5. The lowest BCUT2D eigenvalue weighted by atomic mass is 9.95. The van der Waals surface area contributed by atoms with Crippen molar-refractivity contribution >= 4 is 28.1 Å². The van der Waals surface area contributed by atoms with Crippen molar-refractivity contribution in [2.24, 2.45) is 0 Å². The SMILES string of the molecule is CCC(=O)Nc1ccc(-c2csc(N(C)C3CCCCC3)n2)cc1. The molecule has 1 aromatic heterocycles. The monoisotopic (exact) mass is 343 g/mol. The number of nitrogens with one attached hydrogen (secondary N) is 1. The van der Waals surface area contributed by atoms with Crippen LogP contribution in [0.15, 0.2) is 29.6 Å². The largest absolute Gasteiger partial charge is 0.348 e. The first-order chi connectivity index (χ1) is 11.7. The first kappa shape index (κ1) is 17.0. The van der Waals surface area contributed by atoms with Gasteiger partial charge in [-0.2, -0.15) is 0 Å². The summed E-state index contributed by atoms with van der Waals surface area (Å²) in [4.78, 5) is 18.6. The summed E-state index contributed by atoms with van der Waals surface area (Å²) in [7, 11) is 2.17. The molecule has 1 aromatic carbocycles. The second-order valence-electron chi connectivity index (χ2n) is 6.40. The molecule has 1 amide bonds. The van der Waals surface area contributed by atoms with Crippen LogP contribution in [0.25, 0.3) is 11.3 Å². The highest BCUT2D eigenvalue weighted by molar-refractivity contribution is 7.14. The van der Waals surface area contributed by atoms with E-state index in [2.05, 4.69) is 22.6 Å². The number of anilines is 2. The molecule has 0 bridgehead atoms. The van der Waals surface area contributed by atoms with Crippen molar-refractivity contribution < 1.29 is 4.79 Å². The highest BCUT2D eigenvalue weighted by Gasteiger charge is 2.20. The Balaban J connectivity index is 1.69. The van der Waals surface area contributed by atoms with E-state index in [-0.39, 0.29) is 5.91 Å². The van der Waals surface area contributed by atoms with E-state index >= 15 is 0 Å². The number of carbonyl (C=O) groups excluding carboxylic acids is 1. The van der Waals surface area contributed by atoms with Crippen molar-refractivity contribution in [3.8, 4) is 11.3 Å². The minimum Gasteiger partial charge on any atom is -0.348 e. The highest BCUT2D eigenvalue weighted by atomic mass is 32.1. The number of amides is 1. The van der Waals surface area contributed by atoms with Crippen molar-refractivity contribution in [1.29, 1.82) is 0 Å². The molecule has 0 atom stereocenters. The predicted octanol–water partition coefficient (Wildman–Crippen LogP) is 4.93. The van der Waals surface area contributed by atoms with Crippen LogP contribution < -0.4 is 10.2 Å². The summed E-state index contributed by atoms with van der Waals surface area (Å²) in [6.45, 7) is 1.85. The molecule has 0 spiro atoms. The van der Waals surface area contributed by atoms with Gasteiger partial charge < -0.3 is 10.2 Å². The maximum absolute atomic E-state index is 11.4. The van der Waals surface area contributed by atoms with Gasteiger partial charge in [0.25, 0.3) is 0 Å². The van der Waals surface area contributed by atoms with Crippen LogP contribution in [0.3, 0.4) is 0 Å². The van der Waals surface area contributed by atoms with E-state index in [0.717, 1.165) is 22.1 Å². The molecule has 3 rings (SSSR count). The summed E-state index contributed by atoms with van der Waals surface area (Å²) in [6, 6.07) is 8.54. The maximum atomic E-state index is 11.4. The van der Waals surface area contributed by atoms with Gasteiger partial charge in [-0.25, -0.2) is 4.98 Å². The number of hydrogen-bond acceptors (Lipinski definition) is 4. The fourth-order valence-corrected chi connectivity index (χ4v) is 4.03. The van der Waals surface area contributed by atoms with Crippen molar-refractivity contribution in [2.45, 2.75) is 51.5 Å². The maximum Gasteiger partial charge on any atom is 0.224 e. The lowest BCUT2D eigenvalue weighted by Gasteiger charge is -2.30. The van der Waals surface area contributed by atoms with Gasteiger partial charge in [-0.3, -0.25) is 4.79 Å². The van der Waals surface area contributed by atoms with E-state index in [1.54, 1.807) is 11.3 Å². The lowest BCUT2D eigenvalue weighted by Crippen LogP contribution is -2.33. The summed E-state index contributed by atoms with van der Waals surface area (Å²) in [5, 5.41) is 6.09. The molecular weight excluding hydrogens is 318 g/mol. The van der Waals surface area contributed by atoms with E-state index in [9.17, 15) is 4.79 Å². The molecule has 128 valence electrons. The Kier molecular flexibility index (Phi) is 5.51. The molecule has 1 saturated carbocycles. The fraction of sp³-hybridized carbons (Fsp3) is 0.474. The lowest BCUT2D eigenvalue weighted by molar-refractivity contribution is -0.115. The van der Waals surface area contributed by atoms with Gasteiger partial charge in [0.1, 0.15) is 0 Å². The molecule has 5 heteroatoms. The minimum absolute atomic E-state index is 0.0350. The number of nitrogens with zero attached hydrogens (tertiary/aromatic N) is 2. The number of hydrogen-bond donors (Lipinski definition) is 1. The number of carbonyl (C=O) groups is 1. The molecule has 24 heavy (non-hydrogen) atoms. The van der Waals surface area contributed by atoms with Gasteiger partial charge in [-0.1, -0.05) is 38.3 Å². The van der Waals surface area contributed by atoms with E-state index in [0.29, 0.717) is 12.5 Å². The number of benzene rings is 1. The van der Waals surface area contributed by atoms with Crippen molar-refractivity contribution in [2.75, 3.05) is 17.3 Å². The zero-order chi connectivity index (χ0) is 16.9. The Bertz CT molecular complexity index is 674. The van der Waals surface area contributed by atoms with Crippen LogP contribution in [0.1, 0.15) is 45.4 Å². The number of aromatic nitrogens is 1. The third-order valence-electron chi connectivity index (χ3n) is 4.70. The fourth-order valence-electron chi connectivity index (χ4n) is 3.16. The smallest absolute Gasteiger partial charge is 0.224 e. The third kappa shape index (κ3) is 3.96. The van der Waals surface area contributed by atoms with Crippen molar-refractivity contribution in [3.05, 3.63) is 29.6 Å². The molecular formula is C19H25N3OS. The zero-order valence-electron chi connectivity index (χ0n) is 14.4. The van der Waals surface area contributed by atoms with Gasteiger partial charge in [0.2, 0.25) is 5.91 Å². The summed E-state index contributed by atoms with van der Waals surface area (Å²) in [6.07, 6.45) is 7.07. The second-order valence-corrected chi connectivity index (χ2v) is 7.23. The molecule has 1 aliphatic rings. The van der Waals surface area contributed by atoms with Crippen LogP contribution in [-0.4, -0.2) is 24.0 Å². The first-order valence-electron chi connectivity index (χ1n) is 8.76. The van der Waals surface area contributed by atoms with Crippen molar-refractivity contribution in [1.82, 2.24) is 4.98 Å². The van der Waals surface area contributed by atoms with Crippen LogP contribution in [0, 0.1) is 0 Å². The van der Waals surface area contributed by atoms with Crippen LogP contribution in [-0.2, 0) is 4.79 Å². The highest BCUT2D eigenvalue weighted by Crippen LogP contribution is 2.31. The Labute approximate surface area is 147 Å². The first-order valence-corrected chi connectivity index (χ1v) is 9.64. The van der Waals surface area contributed by atoms with Gasteiger partial charge in [-0.15, -0.1) is 11.3 Å². The Morgan fingerprint density at radius 1 is 1.25 bits per heavy atom. The van der Waals surface area contributed by atoms with Gasteiger partial charge >= 0.3 is 0 Å². The van der Waals surface area contributed by atoms with Crippen LogP contribution in [0.2, 0.25) is 0 Å². The molecule has 1 N–H and O–H groups in total. The van der Waals surface area contributed by atoms with Gasteiger partial charge in [0.05, 0.1) is 5.69 Å². The quantitative estimate of drug-likeness (QED) is 0.837. The van der Waals surface area contributed by atoms with Crippen LogP contribution in [0.5, 0.6) is 0 Å². The molecule has 0 aliphatic heterocycles. The molecule has 2 aromatic rings. The van der Waals surface area contributed by atoms with E-state index in [1.807, 2.05) is 31.2 Å². The topological polar surface area (TPSA) is 45.2 Å². The van der Waals surface area contributed by atoms with Gasteiger partial charge in [0.15, 0.2) is 5.13 Å². The van der Waals surface area contributed by atoms with E-state index in [4.69, 9.17) is 4.98 Å². The minimum atomic E-state index is 0.0350. The average molecular weight is 343 g/mol. The molecule has 0 saturated heterocycles. The molecule has 1 aliphatic carbocycles. The van der Waals surface area contributed by atoms with Gasteiger partial charge in [-0.05, 0) is 25.0 Å². The summed E-state index contributed by atoms with van der Waals surface area (Å²) < 4.78 is 0. The van der Waals surface area contributed by atoms with Crippen molar-refractivity contribution in [3.63, 3.8) is 0 Å². The molecule has 0 unspecified atom stereocenters. The standard InChI is InChI=1S/C19H25N3OS/c1-3-18(23)20-15-11-9-14(10-12-15)17-13-24-19(21-17)22(2)16-7-5-4-6-8-16/h9-13,16H,3-8H2,1-2H3,(H,20,23). The Hall–Kier alpha value is -1.88.